The Morgan fingerprint density at radius 1 is 1.00 bits per heavy atom. The van der Waals surface area contributed by atoms with E-state index >= 15 is 0 Å². The number of amides is 2. The zero-order valence-electron chi connectivity index (χ0n) is 16.7. The lowest BCUT2D eigenvalue weighted by molar-refractivity contribution is -0.117. The number of hydrogen-bond acceptors (Lipinski definition) is 4. The van der Waals surface area contributed by atoms with Crippen LogP contribution in [0.15, 0.2) is 36.4 Å². The summed E-state index contributed by atoms with van der Waals surface area (Å²) in [5.41, 5.74) is 4.09. The number of aryl methyl sites for hydroxylation is 3. The highest BCUT2D eigenvalue weighted by Crippen LogP contribution is 2.18. The van der Waals surface area contributed by atoms with Gasteiger partial charge in [-0.05, 0) is 62.6 Å². The zero-order valence-corrected chi connectivity index (χ0v) is 16.7. The largest absolute Gasteiger partial charge is 0.324 e. The minimum absolute atomic E-state index is 0.139. The summed E-state index contributed by atoms with van der Waals surface area (Å²) in [7, 11) is 0. The summed E-state index contributed by atoms with van der Waals surface area (Å²) in [5.74, 6) is -1.20. The molecule has 0 aliphatic carbocycles. The van der Waals surface area contributed by atoms with Crippen LogP contribution in [0.5, 0.6) is 0 Å². The molecule has 2 N–H and O–H groups in total. The van der Waals surface area contributed by atoms with Crippen molar-refractivity contribution in [1.29, 1.82) is 0 Å². The van der Waals surface area contributed by atoms with Gasteiger partial charge in [-0.2, -0.15) is 0 Å². The monoisotopic (exact) mass is 395 g/mol. The van der Waals surface area contributed by atoms with Gasteiger partial charge in [0.15, 0.2) is 5.69 Å². The summed E-state index contributed by atoms with van der Waals surface area (Å²) in [4.78, 5) is 24.8. The highest BCUT2D eigenvalue weighted by Gasteiger charge is 2.19. The fraction of sp³-hybridized carbons (Fsp3) is 0.238. The number of hydrogen-bond donors (Lipinski definition) is 2. The van der Waals surface area contributed by atoms with E-state index in [2.05, 4.69) is 20.9 Å². The van der Waals surface area contributed by atoms with Crippen molar-refractivity contribution in [2.45, 2.75) is 34.2 Å². The quantitative estimate of drug-likeness (QED) is 0.692. The molecule has 0 saturated carbocycles. The molecule has 3 aromatic rings. The van der Waals surface area contributed by atoms with Gasteiger partial charge in [0.25, 0.3) is 5.91 Å². The number of aromatic nitrogens is 3. The predicted molar refractivity (Wildman–Crippen MR) is 108 cm³/mol. The number of nitrogens with one attached hydrogen (secondary N) is 2. The lowest BCUT2D eigenvalue weighted by Gasteiger charge is -2.09. The average molecular weight is 395 g/mol. The van der Waals surface area contributed by atoms with Gasteiger partial charge in [-0.3, -0.25) is 9.59 Å². The Hall–Kier alpha value is -3.55. The summed E-state index contributed by atoms with van der Waals surface area (Å²) in [6.07, 6.45) is 0. The van der Waals surface area contributed by atoms with Gasteiger partial charge < -0.3 is 10.6 Å². The zero-order chi connectivity index (χ0) is 21.1. The van der Waals surface area contributed by atoms with Gasteiger partial charge in [-0.15, -0.1) is 5.10 Å². The van der Waals surface area contributed by atoms with Crippen molar-refractivity contribution in [3.05, 3.63) is 70.3 Å². The Morgan fingerprint density at radius 2 is 1.72 bits per heavy atom. The first-order chi connectivity index (χ1) is 13.7. The standard InChI is InChI=1S/C21H22FN5O2/c1-12-5-6-14(3)18(9-12)24-21(29)20-15(4)27(26-25-20)11-19(28)23-16-8-7-13(2)17(22)10-16/h5-10H,11H2,1-4H3,(H,23,28)(H,24,29). The summed E-state index contributed by atoms with van der Waals surface area (Å²) >= 11 is 0. The maximum atomic E-state index is 13.6. The molecule has 29 heavy (non-hydrogen) atoms. The van der Waals surface area contributed by atoms with E-state index in [1.807, 2.05) is 32.0 Å². The third-order valence-corrected chi connectivity index (χ3v) is 4.59. The fourth-order valence-electron chi connectivity index (χ4n) is 2.78. The molecular weight excluding hydrogens is 373 g/mol. The number of rotatable bonds is 5. The van der Waals surface area contributed by atoms with Gasteiger partial charge in [0.1, 0.15) is 12.4 Å². The van der Waals surface area contributed by atoms with Crippen LogP contribution >= 0.6 is 0 Å². The van der Waals surface area contributed by atoms with Crippen molar-refractivity contribution >= 4 is 23.2 Å². The maximum Gasteiger partial charge on any atom is 0.278 e. The lowest BCUT2D eigenvalue weighted by Crippen LogP contribution is -2.21. The molecule has 2 aromatic carbocycles. The summed E-state index contributed by atoms with van der Waals surface area (Å²) in [6.45, 7) is 7.00. The van der Waals surface area contributed by atoms with E-state index in [1.54, 1.807) is 26.0 Å². The van der Waals surface area contributed by atoms with Gasteiger partial charge in [-0.1, -0.05) is 23.4 Å². The molecule has 8 heteroatoms. The normalized spacial score (nSPS) is 10.7. The lowest BCUT2D eigenvalue weighted by atomic mass is 10.1. The van der Waals surface area contributed by atoms with E-state index in [-0.39, 0.29) is 12.2 Å². The number of benzene rings is 2. The van der Waals surface area contributed by atoms with Crippen molar-refractivity contribution in [2.75, 3.05) is 10.6 Å². The Labute approximate surface area is 167 Å². The number of nitrogens with zero attached hydrogens (tertiary/aromatic N) is 3. The van der Waals surface area contributed by atoms with Crippen molar-refractivity contribution in [3.8, 4) is 0 Å². The molecule has 0 aliphatic rings. The van der Waals surface area contributed by atoms with E-state index in [4.69, 9.17) is 0 Å². The summed E-state index contributed by atoms with van der Waals surface area (Å²) < 4.78 is 15.0. The molecule has 1 aromatic heterocycles. The molecule has 1 heterocycles. The Morgan fingerprint density at radius 3 is 2.45 bits per heavy atom. The second-order valence-corrected chi connectivity index (χ2v) is 6.97. The molecule has 3 rings (SSSR count). The maximum absolute atomic E-state index is 13.6. The highest BCUT2D eigenvalue weighted by molar-refractivity contribution is 6.04. The second-order valence-electron chi connectivity index (χ2n) is 6.97. The molecule has 150 valence electrons. The van der Waals surface area contributed by atoms with Crippen molar-refractivity contribution in [1.82, 2.24) is 15.0 Å². The first-order valence-corrected chi connectivity index (χ1v) is 9.09. The average Bonchev–Trinajstić information content (AvgIpc) is 3.02. The van der Waals surface area contributed by atoms with Crippen molar-refractivity contribution in [3.63, 3.8) is 0 Å². The summed E-state index contributed by atoms with van der Waals surface area (Å²) in [6, 6.07) is 10.2. The van der Waals surface area contributed by atoms with E-state index in [9.17, 15) is 14.0 Å². The van der Waals surface area contributed by atoms with E-state index in [0.717, 1.165) is 11.1 Å². The van der Waals surface area contributed by atoms with Gasteiger partial charge in [0.2, 0.25) is 5.91 Å². The molecule has 0 unspecified atom stereocenters. The van der Waals surface area contributed by atoms with Crippen LogP contribution in [0, 0.1) is 33.5 Å². The molecule has 7 nitrogen and oxygen atoms in total. The number of halogens is 1. The van der Waals surface area contributed by atoms with Crippen LogP contribution in [0.4, 0.5) is 15.8 Å². The molecular formula is C21H22FN5O2. The molecule has 0 spiro atoms. The first kappa shape index (κ1) is 20.2. The summed E-state index contributed by atoms with van der Waals surface area (Å²) in [5, 5.41) is 13.3. The van der Waals surface area contributed by atoms with Crippen LogP contribution in [0.25, 0.3) is 0 Å². The predicted octanol–water partition coefficient (Wildman–Crippen LogP) is 3.54. The smallest absolute Gasteiger partial charge is 0.278 e. The topological polar surface area (TPSA) is 88.9 Å². The van der Waals surface area contributed by atoms with Gasteiger partial charge in [-0.25, -0.2) is 9.07 Å². The van der Waals surface area contributed by atoms with Crippen molar-refractivity contribution < 1.29 is 14.0 Å². The minimum Gasteiger partial charge on any atom is -0.324 e. The molecule has 0 aliphatic heterocycles. The van der Waals surface area contributed by atoms with E-state index in [1.165, 1.54) is 10.7 Å². The molecule has 0 fully saturated rings. The van der Waals surface area contributed by atoms with E-state index < -0.39 is 17.6 Å². The highest BCUT2D eigenvalue weighted by atomic mass is 19.1. The third-order valence-electron chi connectivity index (χ3n) is 4.59. The number of carbonyl (C=O) groups is 2. The number of carbonyl (C=O) groups excluding carboxylic acids is 2. The van der Waals surface area contributed by atoms with Crippen LogP contribution in [0.2, 0.25) is 0 Å². The molecule has 0 bridgehead atoms. The van der Waals surface area contributed by atoms with Crippen molar-refractivity contribution in [2.24, 2.45) is 0 Å². The van der Waals surface area contributed by atoms with Gasteiger partial charge in [0, 0.05) is 11.4 Å². The van der Waals surface area contributed by atoms with Crippen LogP contribution in [-0.2, 0) is 11.3 Å². The Balaban J connectivity index is 1.69. The Bertz CT molecular complexity index is 1090. The molecule has 2 amide bonds. The Kier molecular flexibility index (Phi) is 5.72. The molecule has 0 atom stereocenters. The van der Waals surface area contributed by atoms with Crippen LogP contribution in [-0.4, -0.2) is 26.8 Å². The van der Waals surface area contributed by atoms with Crippen LogP contribution in [0.3, 0.4) is 0 Å². The first-order valence-electron chi connectivity index (χ1n) is 9.09. The molecule has 0 saturated heterocycles. The van der Waals surface area contributed by atoms with Crippen LogP contribution in [0.1, 0.15) is 32.9 Å². The second kappa shape index (κ2) is 8.22. The SMILES string of the molecule is Cc1ccc(C)c(NC(=O)c2nnn(CC(=O)Nc3ccc(C)c(F)c3)c2C)c1. The van der Waals surface area contributed by atoms with E-state index in [0.29, 0.717) is 22.6 Å². The molecule has 0 radical (unpaired) electrons. The van der Waals surface area contributed by atoms with Crippen LogP contribution < -0.4 is 10.6 Å². The fourth-order valence-corrected chi connectivity index (χ4v) is 2.78. The third kappa shape index (κ3) is 4.66. The van der Waals surface area contributed by atoms with Gasteiger partial charge in [0.05, 0.1) is 5.69 Å². The minimum atomic E-state index is -0.400. The van der Waals surface area contributed by atoms with Gasteiger partial charge >= 0.3 is 0 Å². The number of anilines is 2.